The fraction of sp³-hybridized carbons (Fsp3) is 0.471. The highest BCUT2D eigenvalue weighted by Crippen LogP contribution is 2.27. The molecular formula is C17H21NO4. The molecule has 5 nitrogen and oxygen atoms in total. The van der Waals surface area contributed by atoms with Crippen LogP contribution in [-0.4, -0.2) is 34.3 Å². The summed E-state index contributed by atoms with van der Waals surface area (Å²) >= 11 is 0. The molecule has 0 radical (unpaired) electrons. The van der Waals surface area contributed by atoms with Crippen LogP contribution in [0, 0.1) is 0 Å². The van der Waals surface area contributed by atoms with Crippen LogP contribution < -0.4 is 0 Å². The van der Waals surface area contributed by atoms with Crippen molar-refractivity contribution in [2.24, 2.45) is 0 Å². The third-order valence-corrected chi connectivity index (χ3v) is 3.38. The lowest BCUT2D eigenvalue weighted by Crippen LogP contribution is -2.47. The summed E-state index contributed by atoms with van der Waals surface area (Å²) in [7, 11) is 0. The first kappa shape index (κ1) is 16.2. The van der Waals surface area contributed by atoms with Gasteiger partial charge in [0.05, 0.1) is 11.1 Å². The highest BCUT2D eigenvalue weighted by molar-refractivity contribution is 6.22. The van der Waals surface area contributed by atoms with Gasteiger partial charge in [0.1, 0.15) is 11.6 Å². The van der Waals surface area contributed by atoms with E-state index in [2.05, 4.69) is 0 Å². The van der Waals surface area contributed by atoms with Gasteiger partial charge in [0.15, 0.2) is 0 Å². The van der Waals surface area contributed by atoms with Gasteiger partial charge in [-0.3, -0.25) is 14.5 Å². The molecule has 118 valence electrons. The number of carbonyl (C=O) groups excluding carboxylic acids is 3. The summed E-state index contributed by atoms with van der Waals surface area (Å²) in [5.41, 5.74) is 0.0243. The number of rotatable bonds is 4. The normalized spacial score (nSPS) is 15.7. The second-order valence-electron chi connectivity index (χ2n) is 6.36. The second kappa shape index (κ2) is 5.91. The van der Waals surface area contributed by atoms with Crippen molar-refractivity contribution in [2.75, 3.05) is 0 Å². The van der Waals surface area contributed by atoms with Crippen molar-refractivity contribution in [2.45, 2.75) is 52.2 Å². The van der Waals surface area contributed by atoms with E-state index in [1.807, 2.05) is 6.92 Å². The number of nitrogens with zero attached hydrogens (tertiary/aromatic N) is 1. The van der Waals surface area contributed by atoms with Gasteiger partial charge in [-0.2, -0.15) is 0 Å². The predicted molar refractivity (Wildman–Crippen MR) is 81.5 cm³/mol. The molecule has 0 saturated carbocycles. The molecule has 1 atom stereocenters. The highest BCUT2D eigenvalue weighted by Gasteiger charge is 2.43. The number of fused-ring (bicyclic) bond motifs is 1. The molecule has 0 saturated heterocycles. The van der Waals surface area contributed by atoms with Crippen LogP contribution >= 0.6 is 0 Å². The van der Waals surface area contributed by atoms with E-state index in [-0.39, 0.29) is 0 Å². The van der Waals surface area contributed by atoms with Crippen LogP contribution in [0.5, 0.6) is 0 Å². The number of carbonyl (C=O) groups is 3. The summed E-state index contributed by atoms with van der Waals surface area (Å²) in [6.07, 6.45) is 1.05. The van der Waals surface area contributed by atoms with Crippen molar-refractivity contribution in [1.82, 2.24) is 4.90 Å². The zero-order valence-electron chi connectivity index (χ0n) is 13.4. The highest BCUT2D eigenvalue weighted by atomic mass is 16.6. The van der Waals surface area contributed by atoms with Gasteiger partial charge < -0.3 is 4.74 Å². The lowest BCUT2D eigenvalue weighted by Gasteiger charge is -2.28. The first-order chi connectivity index (χ1) is 10.3. The number of amides is 2. The summed E-state index contributed by atoms with van der Waals surface area (Å²) in [6.45, 7) is 7.18. The van der Waals surface area contributed by atoms with E-state index in [0.717, 1.165) is 4.90 Å². The molecule has 5 heteroatoms. The Labute approximate surface area is 130 Å². The molecular weight excluding hydrogens is 282 g/mol. The van der Waals surface area contributed by atoms with Gasteiger partial charge in [-0.1, -0.05) is 25.5 Å². The molecule has 1 heterocycles. The summed E-state index contributed by atoms with van der Waals surface area (Å²) in [5.74, 6) is -1.39. The Morgan fingerprint density at radius 1 is 1.14 bits per heavy atom. The number of esters is 1. The molecule has 2 rings (SSSR count). The molecule has 0 N–H and O–H groups in total. The van der Waals surface area contributed by atoms with Crippen LogP contribution in [0.25, 0.3) is 0 Å². The van der Waals surface area contributed by atoms with Gasteiger partial charge in [0.25, 0.3) is 11.8 Å². The van der Waals surface area contributed by atoms with Crippen LogP contribution in [0.3, 0.4) is 0 Å². The zero-order valence-corrected chi connectivity index (χ0v) is 13.4. The molecule has 0 bridgehead atoms. The third kappa shape index (κ3) is 3.03. The summed E-state index contributed by atoms with van der Waals surface area (Å²) in [6, 6.07) is 5.74. The van der Waals surface area contributed by atoms with E-state index in [4.69, 9.17) is 4.74 Å². The monoisotopic (exact) mass is 303 g/mol. The molecule has 22 heavy (non-hydrogen) atoms. The summed E-state index contributed by atoms with van der Waals surface area (Å²) in [4.78, 5) is 38.4. The van der Waals surface area contributed by atoms with E-state index >= 15 is 0 Å². The molecule has 0 spiro atoms. The Balaban J connectivity index is 2.33. The Bertz CT molecular complexity index is 580. The standard InChI is InChI=1S/C17H21NO4/c1-5-8-13(16(21)22-17(2,3)4)18-14(19)11-9-6-7-10-12(11)15(18)20/h6-7,9-10,13H,5,8H2,1-4H3. The van der Waals surface area contributed by atoms with Crippen LogP contribution in [0.15, 0.2) is 24.3 Å². The fourth-order valence-corrected chi connectivity index (χ4v) is 2.49. The zero-order chi connectivity index (χ0) is 16.5. The van der Waals surface area contributed by atoms with Crippen molar-refractivity contribution < 1.29 is 19.1 Å². The minimum Gasteiger partial charge on any atom is -0.458 e. The molecule has 0 fully saturated rings. The lowest BCUT2D eigenvalue weighted by molar-refractivity contribution is -0.159. The number of hydrogen-bond donors (Lipinski definition) is 0. The van der Waals surface area contributed by atoms with Crippen LogP contribution in [0.4, 0.5) is 0 Å². The van der Waals surface area contributed by atoms with Gasteiger partial charge in [-0.15, -0.1) is 0 Å². The van der Waals surface area contributed by atoms with Crippen molar-refractivity contribution in [3.8, 4) is 0 Å². The molecule has 0 aliphatic carbocycles. The summed E-state index contributed by atoms with van der Waals surface area (Å²) < 4.78 is 5.38. The maximum atomic E-state index is 12.5. The van der Waals surface area contributed by atoms with Crippen molar-refractivity contribution in [1.29, 1.82) is 0 Å². The number of benzene rings is 1. The van der Waals surface area contributed by atoms with E-state index < -0.39 is 29.4 Å². The Hall–Kier alpha value is -2.17. The lowest BCUT2D eigenvalue weighted by atomic mass is 10.1. The average Bonchev–Trinajstić information content (AvgIpc) is 2.67. The van der Waals surface area contributed by atoms with Gasteiger partial charge in [-0.25, -0.2) is 4.79 Å². The Morgan fingerprint density at radius 3 is 2.05 bits per heavy atom. The smallest absolute Gasteiger partial charge is 0.329 e. The van der Waals surface area contributed by atoms with Gasteiger partial charge in [0, 0.05) is 0 Å². The number of ether oxygens (including phenoxy) is 1. The molecule has 0 aromatic heterocycles. The van der Waals surface area contributed by atoms with E-state index in [1.165, 1.54) is 0 Å². The number of hydrogen-bond acceptors (Lipinski definition) is 4. The maximum Gasteiger partial charge on any atom is 0.329 e. The average molecular weight is 303 g/mol. The number of imide groups is 1. The van der Waals surface area contributed by atoms with Crippen LogP contribution in [0.1, 0.15) is 61.3 Å². The van der Waals surface area contributed by atoms with Crippen molar-refractivity contribution >= 4 is 17.8 Å². The van der Waals surface area contributed by atoms with Gasteiger partial charge >= 0.3 is 5.97 Å². The second-order valence-corrected chi connectivity index (χ2v) is 6.36. The minimum absolute atomic E-state index is 0.345. The molecule has 1 aliphatic rings. The first-order valence-electron chi connectivity index (χ1n) is 7.46. The SMILES string of the molecule is CCCC(C(=O)OC(C)(C)C)N1C(=O)c2ccccc2C1=O. The molecule has 2 amide bonds. The third-order valence-electron chi connectivity index (χ3n) is 3.38. The van der Waals surface area contributed by atoms with E-state index in [1.54, 1.807) is 45.0 Å². The Kier molecular flexibility index (Phi) is 4.35. The van der Waals surface area contributed by atoms with Gasteiger partial charge in [0.2, 0.25) is 0 Å². The molecule has 1 aromatic carbocycles. The topological polar surface area (TPSA) is 63.7 Å². The van der Waals surface area contributed by atoms with E-state index in [0.29, 0.717) is 24.0 Å². The van der Waals surface area contributed by atoms with Crippen molar-refractivity contribution in [3.63, 3.8) is 0 Å². The van der Waals surface area contributed by atoms with Crippen LogP contribution in [-0.2, 0) is 9.53 Å². The van der Waals surface area contributed by atoms with Crippen LogP contribution in [0.2, 0.25) is 0 Å². The van der Waals surface area contributed by atoms with Crippen molar-refractivity contribution in [3.05, 3.63) is 35.4 Å². The largest absolute Gasteiger partial charge is 0.458 e. The molecule has 1 aliphatic heterocycles. The predicted octanol–water partition coefficient (Wildman–Crippen LogP) is 2.79. The summed E-state index contributed by atoms with van der Waals surface area (Å²) in [5, 5.41) is 0. The van der Waals surface area contributed by atoms with E-state index in [9.17, 15) is 14.4 Å². The molecule has 1 aromatic rings. The van der Waals surface area contributed by atoms with Gasteiger partial charge in [-0.05, 0) is 39.3 Å². The minimum atomic E-state index is -0.878. The maximum absolute atomic E-state index is 12.5. The quantitative estimate of drug-likeness (QED) is 0.634. The molecule has 1 unspecified atom stereocenters. The Morgan fingerprint density at radius 2 is 1.64 bits per heavy atom. The fourth-order valence-electron chi connectivity index (χ4n) is 2.49. The first-order valence-corrected chi connectivity index (χ1v) is 7.46.